The average molecular weight is 388 g/mol. The van der Waals surface area contributed by atoms with Crippen LogP contribution in [0.15, 0.2) is 37.7 Å². The van der Waals surface area contributed by atoms with Crippen LogP contribution < -0.4 is 5.32 Å². The summed E-state index contributed by atoms with van der Waals surface area (Å²) in [6.45, 7) is 4.02. The summed E-state index contributed by atoms with van der Waals surface area (Å²) in [6, 6.07) is 7.07. The van der Waals surface area contributed by atoms with Gasteiger partial charge < -0.3 is 4.52 Å². The van der Waals surface area contributed by atoms with Gasteiger partial charge in [-0.15, -0.1) is 0 Å². The Bertz CT molecular complexity index is 588. The first-order chi connectivity index (χ1) is 8.95. The molecule has 0 aliphatic rings. The Hall–Kier alpha value is -1.14. The molecule has 1 amide bonds. The zero-order valence-electron chi connectivity index (χ0n) is 10.4. The first-order valence-corrected chi connectivity index (χ1v) is 7.28. The van der Waals surface area contributed by atoms with E-state index < -0.39 is 0 Å². The second-order valence-electron chi connectivity index (χ2n) is 4.38. The van der Waals surface area contributed by atoms with Gasteiger partial charge in [0.25, 0.3) is 5.91 Å². The van der Waals surface area contributed by atoms with E-state index in [2.05, 4.69) is 42.3 Å². The maximum Gasteiger partial charge on any atom is 0.258 e. The molecular formula is C13H12Br2N2O2. The van der Waals surface area contributed by atoms with Crippen molar-refractivity contribution in [3.8, 4) is 0 Å². The number of amides is 1. The van der Waals surface area contributed by atoms with E-state index in [0.29, 0.717) is 11.4 Å². The molecule has 1 aromatic heterocycles. The lowest BCUT2D eigenvalue weighted by molar-refractivity contribution is 0.102. The third-order valence-electron chi connectivity index (χ3n) is 2.48. The maximum atomic E-state index is 12.1. The van der Waals surface area contributed by atoms with Crippen LogP contribution in [0.3, 0.4) is 0 Å². The van der Waals surface area contributed by atoms with Gasteiger partial charge in [0, 0.05) is 20.6 Å². The van der Waals surface area contributed by atoms with E-state index in [4.69, 9.17) is 4.52 Å². The fourth-order valence-electron chi connectivity index (χ4n) is 1.49. The van der Waals surface area contributed by atoms with Crippen LogP contribution in [-0.2, 0) is 0 Å². The summed E-state index contributed by atoms with van der Waals surface area (Å²) in [7, 11) is 0. The van der Waals surface area contributed by atoms with Crippen LogP contribution in [0.5, 0.6) is 0 Å². The van der Waals surface area contributed by atoms with Crippen LogP contribution in [0, 0.1) is 0 Å². The number of hydrogen-bond donors (Lipinski definition) is 1. The van der Waals surface area contributed by atoms with Crippen LogP contribution in [0.1, 0.15) is 35.8 Å². The van der Waals surface area contributed by atoms with E-state index in [1.807, 2.05) is 19.9 Å². The van der Waals surface area contributed by atoms with Crippen molar-refractivity contribution in [1.29, 1.82) is 0 Å². The van der Waals surface area contributed by atoms with Crippen molar-refractivity contribution in [1.82, 2.24) is 5.16 Å². The fraction of sp³-hybridized carbons (Fsp3) is 0.231. The minimum absolute atomic E-state index is 0.242. The number of nitrogens with one attached hydrogen (secondary N) is 1. The van der Waals surface area contributed by atoms with Crippen LogP contribution in [0.4, 0.5) is 5.88 Å². The summed E-state index contributed by atoms with van der Waals surface area (Å²) < 4.78 is 6.73. The molecule has 1 aromatic carbocycles. The van der Waals surface area contributed by atoms with Crippen LogP contribution >= 0.6 is 31.9 Å². The molecule has 19 heavy (non-hydrogen) atoms. The van der Waals surface area contributed by atoms with Gasteiger partial charge >= 0.3 is 0 Å². The average Bonchev–Trinajstić information content (AvgIpc) is 2.76. The maximum absolute atomic E-state index is 12.1. The molecule has 1 N–H and O–H groups in total. The monoisotopic (exact) mass is 386 g/mol. The van der Waals surface area contributed by atoms with Gasteiger partial charge in [0.15, 0.2) is 0 Å². The largest absolute Gasteiger partial charge is 0.338 e. The number of aromatic nitrogens is 1. The number of rotatable bonds is 3. The number of nitrogens with zero attached hydrogens (tertiary/aromatic N) is 1. The van der Waals surface area contributed by atoms with Gasteiger partial charge in [-0.1, -0.05) is 50.9 Å². The van der Waals surface area contributed by atoms with Gasteiger partial charge in [0.05, 0.1) is 5.69 Å². The topological polar surface area (TPSA) is 55.1 Å². The molecule has 0 bridgehead atoms. The molecule has 0 fully saturated rings. The quantitative estimate of drug-likeness (QED) is 0.838. The Morgan fingerprint density at radius 1 is 1.21 bits per heavy atom. The van der Waals surface area contributed by atoms with E-state index in [-0.39, 0.29) is 11.8 Å². The number of carbonyl (C=O) groups excluding carboxylic acids is 1. The molecule has 0 aliphatic carbocycles. The van der Waals surface area contributed by atoms with Gasteiger partial charge in [0.1, 0.15) is 0 Å². The molecule has 0 unspecified atom stereocenters. The summed E-state index contributed by atoms with van der Waals surface area (Å²) in [6.07, 6.45) is 0. The van der Waals surface area contributed by atoms with Crippen molar-refractivity contribution >= 4 is 43.7 Å². The first-order valence-electron chi connectivity index (χ1n) is 5.70. The summed E-state index contributed by atoms with van der Waals surface area (Å²) in [5.74, 6) is 0.368. The highest BCUT2D eigenvalue weighted by Gasteiger charge is 2.12. The molecule has 0 radical (unpaired) electrons. The number of hydrogen-bond acceptors (Lipinski definition) is 3. The molecule has 6 heteroatoms. The van der Waals surface area contributed by atoms with Crippen molar-refractivity contribution < 1.29 is 9.32 Å². The zero-order valence-corrected chi connectivity index (χ0v) is 13.6. The smallest absolute Gasteiger partial charge is 0.258 e. The van der Waals surface area contributed by atoms with Crippen LogP contribution in [0.2, 0.25) is 0 Å². The van der Waals surface area contributed by atoms with Crippen LogP contribution in [0.25, 0.3) is 0 Å². The second kappa shape index (κ2) is 5.88. The fourth-order valence-corrected chi connectivity index (χ4v) is 2.78. The number of carbonyl (C=O) groups is 1. The third-order valence-corrected chi connectivity index (χ3v) is 3.40. The van der Waals surface area contributed by atoms with Gasteiger partial charge in [-0.3, -0.25) is 10.1 Å². The lowest BCUT2D eigenvalue weighted by atomic mass is 10.1. The molecule has 2 rings (SSSR count). The Morgan fingerprint density at radius 3 is 2.37 bits per heavy atom. The lowest BCUT2D eigenvalue weighted by Gasteiger charge is -2.02. The number of anilines is 1. The Morgan fingerprint density at radius 2 is 1.84 bits per heavy atom. The molecule has 100 valence electrons. The Kier molecular flexibility index (Phi) is 4.42. The second-order valence-corrected chi connectivity index (χ2v) is 6.21. The van der Waals surface area contributed by atoms with Crippen molar-refractivity contribution in [3.05, 3.63) is 44.5 Å². The Labute approximate surface area is 127 Å². The van der Waals surface area contributed by atoms with Gasteiger partial charge in [-0.25, -0.2) is 0 Å². The van der Waals surface area contributed by atoms with Crippen molar-refractivity contribution in [2.45, 2.75) is 19.8 Å². The summed E-state index contributed by atoms with van der Waals surface area (Å²) >= 11 is 6.69. The van der Waals surface area contributed by atoms with E-state index in [0.717, 1.165) is 14.6 Å². The highest BCUT2D eigenvalue weighted by molar-refractivity contribution is 9.11. The van der Waals surface area contributed by atoms with Crippen molar-refractivity contribution in [2.24, 2.45) is 0 Å². The minimum atomic E-state index is -0.242. The predicted molar refractivity (Wildman–Crippen MR) is 80.4 cm³/mol. The lowest BCUT2D eigenvalue weighted by Crippen LogP contribution is -2.11. The van der Waals surface area contributed by atoms with Gasteiger partial charge in [0.2, 0.25) is 5.88 Å². The number of benzene rings is 1. The van der Waals surface area contributed by atoms with Gasteiger partial charge in [-0.2, -0.15) is 0 Å². The predicted octanol–water partition coefficient (Wildman–Crippen LogP) is 4.58. The number of halogens is 2. The normalized spacial score (nSPS) is 10.8. The van der Waals surface area contributed by atoms with Crippen molar-refractivity contribution in [2.75, 3.05) is 5.32 Å². The van der Waals surface area contributed by atoms with Crippen LogP contribution in [-0.4, -0.2) is 11.1 Å². The highest BCUT2D eigenvalue weighted by Crippen LogP contribution is 2.22. The summed E-state index contributed by atoms with van der Waals surface area (Å²) in [5, 5.41) is 6.57. The minimum Gasteiger partial charge on any atom is -0.338 e. The first kappa shape index (κ1) is 14.3. The molecule has 0 atom stereocenters. The highest BCUT2D eigenvalue weighted by atomic mass is 79.9. The SMILES string of the molecule is CC(C)c1cc(NC(=O)c2cc(Br)cc(Br)c2)on1. The summed E-state index contributed by atoms with van der Waals surface area (Å²) in [4.78, 5) is 12.1. The molecule has 2 aromatic rings. The molecule has 0 saturated heterocycles. The van der Waals surface area contributed by atoms with E-state index in [1.165, 1.54) is 0 Å². The van der Waals surface area contributed by atoms with E-state index >= 15 is 0 Å². The molecular weight excluding hydrogens is 376 g/mol. The molecule has 0 aliphatic heterocycles. The third kappa shape index (κ3) is 3.67. The Balaban J connectivity index is 2.15. The standard InChI is InChI=1S/C13H12Br2N2O2/c1-7(2)11-6-12(19-17-11)16-13(18)8-3-9(14)5-10(15)4-8/h3-7H,1-2H3,(H,16,18). The molecule has 1 heterocycles. The van der Waals surface area contributed by atoms with E-state index in [9.17, 15) is 4.79 Å². The zero-order chi connectivity index (χ0) is 14.0. The molecule has 0 spiro atoms. The molecule has 0 saturated carbocycles. The molecule has 4 nitrogen and oxygen atoms in total. The summed E-state index contributed by atoms with van der Waals surface area (Å²) in [5.41, 5.74) is 1.34. The van der Waals surface area contributed by atoms with E-state index in [1.54, 1.807) is 18.2 Å². The van der Waals surface area contributed by atoms with Crippen molar-refractivity contribution in [3.63, 3.8) is 0 Å². The van der Waals surface area contributed by atoms with Gasteiger partial charge in [-0.05, 0) is 24.1 Å².